The number of hydrogen-bond donors (Lipinski definition) is 1. The van der Waals surface area contributed by atoms with Gasteiger partial charge in [0, 0.05) is 27.3 Å². The minimum Gasteiger partial charge on any atom is -0.350 e. The average molecular weight is 374 g/mol. The third kappa shape index (κ3) is 3.95. The van der Waals surface area contributed by atoms with E-state index in [0.717, 1.165) is 5.56 Å². The predicted molar refractivity (Wildman–Crippen MR) is 84.4 cm³/mol. The highest BCUT2D eigenvalue weighted by Crippen LogP contribution is 2.21. The lowest BCUT2D eigenvalue weighted by molar-refractivity contribution is 0.0948. The van der Waals surface area contributed by atoms with Crippen molar-refractivity contribution in [3.63, 3.8) is 0 Å². The lowest BCUT2D eigenvalue weighted by atomic mass is 10.1. The zero-order valence-corrected chi connectivity index (χ0v) is 13.5. The van der Waals surface area contributed by atoms with E-state index in [2.05, 4.69) is 26.2 Å². The lowest BCUT2D eigenvalue weighted by Crippen LogP contribution is -2.26. The first-order valence-corrected chi connectivity index (χ1v) is 7.45. The second-order valence-corrected chi connectivity index (χ2v) is 5.77. The number of hydrogen-bond acceptors (Lipinski definition) is 2. The fourth-order valence-corrected chi connectivity index (χ4v) is 2.61. The van der Waals surface area contributed by atoms with Crippen LogP contribution in [0, 0.1) is 0 Å². The zero-order chi connectivity index (χ0) is 14.5. The number of aromatic nitrogens is 1. The van der Waals surface area contributed by atoms with Gasteiger partial charge in [0.15, 0.2) is 0 Å². The third-order valence-electron chi connectivity index (χ3n) is 2.67. The van der Waals surface area contributed by atoms with Gasteiger partial charge in [0.25, 0.3) is 5.91 Å². The number of carbonyl (C=O) groups excluding carboxylic acids is 1. The molecule has 1 aromatic heterocycles. The maximum absolute atomic E-state index is 11.9. The molecule has 6 heteroatoms. The lowest BCUT2D eigenvalue weighted by Gasteiger charge is -2.07. The molecule has 1 amide bonds. The van der Waals surface area contributed by atoms with Crippen molar-refractivity contribution in [3.8, 4) is 0 Å². The number of nitrogens with one attached hydrogen (secondary N) is 1. The summed E-state index contributed by atoms with van der Waals surface area (Å²) in [6, 6.07) is 8.86. The van der Waals surface area contributed by atoms with E-state index in [1.807, 2.05) is 6.07 Å². The van der Waals surface area contributed by atoms with Gasteiger partial charge in [0.2, 0.25) is 0 Å². The Balaban J connectivity index is 1.93. The van der Waals surface area contributed by atoms with Gasteiger partial charge in [-0.1, -0.05) is 29.3 Å². The molecular formula is C14H11BrCl2N2O. The molecule has 104 valence electrons. The van der Waals surface area contributed by atoms with Crippen molar-refractivity contribution < 1.29 is 4.79 Å². The first-order chi connectivity index (χ1) is 9.58. The van der Waals surface area contributed by atoms with Crippen LogP contribution in [0.3, 0.4) is 0 Å². The maximum Gasteiger partial charge on any atom is 0.271 e. The molecule has 2 aromatic rings. The van der Waals surface area contributed by atoms with E-state index >= 15 is 0 Å². The topological polar surface area (TPSA) is 42.0 Å². The molecule has 0 saturated heterocycles. The molecule has 20 heavy (non-hydrogen) atoms. The zero-order valence-electron chi connectivity index (χ0n) is 10.4. The Labute approximate surface area is 135 Å². The van der Waals surface area contributed by atoms with Gasteiger partial charge in [0.1, 0.15) is 5.69 Å². The van der Waals surface area contributed by atoms with E-state index in [0.29, 0.717) is 33.2 Å². The molecule has 1 aromatic carbocycles. The Kier molecular flexibility index (Phi) is 5.40. The Morgan fingerprint density at radius 3 is 2.80 bits per heavy atom. The van der Waals surface area contributed by atoms with Gasteiger partial charge < -0.3 is 5.32 Å². The van der Waals surface area contributed by atoms with Crippen LogP contribution in [0.15, 0.2) is 41.0 Å². The van der Waals surface area contributed by atoms with Crippen molar-refractivity contribution in [1.29, 1.82) is 0 Å². The van der Waals surface area contributed by atoms with Crippen molar-refractivity contribution in [2.24, 2.45) is 0 Å². The van der Waals surface area contributed by atoms with Crippen molar-refractivity contribution in [2.75, 3.05) is 6.54 Å². The molecule has 1 N–H and O–H groups in total. The molecule has 0 fully saturated rings. The van der Waals surface area contributed by atoms with E-state index in [4.69, 9.17) is 23.2 Å². The molecule has 1 heterocycles. The standard InChI is InChI=1S/C14H11BrCl2N2O/c15-11-2-1-6-18-13(11)14(20)19-7-5-9-3-4-10(16)8-12(9)17/h1-4,6,8H,5,7H2,(H,19,20). The van der Waals surface area contributed by atoms with Crippen molar-refractivity contribution in [3.05, 3.63) is 62.3 Å². The number of pyridine rings is 1. The van der Waals surface area contributed by atoms with Crippen LogP contribution in [-0.4, -0.2) is 17.4 Å². The minimum absolute atomic E-state index is 0.220. The largest absolute Gasteiger partial charge is 0.350 e. The van der Waals surface area contributed by atoms with Crippen LogP contribution in [0.1, 0.15) is 16.1 Å². The van der Waals surface area contributed by atoms with Gasteiger partial charge >= 0.3 is 0 Å². The van der Waals surface area contributed by atoms with E-state index < -0.39 is 0 Å². The van der Waals surface area contributed by atoms with Crippen molar-refractivity contribution >= 4 is 45.0 Å². The fourth-order valence-electron chi connectivity index (χ4n) is 1.67. The third-order valence-corrected chi connectivity index (χ3v) is 3.90. The van der Waals surface area contributed by atoms with Gasteiger partial charge in [-0.2, -0.15) is 0 Å². The predicted octanol–water partition coefficient (Wildman–Crippen LogP) is 4.12. The molecule has 0 bridgehead atoms. The van der Waals surface area contributed by atoms with Crippen molar-refractivity contribution in [2.45, 2.75) is 6.42 Å². The van der Waals surface area contributed by atoms with Gasteiger partial charge in [0.05, 0.1) is 0 Å². The number of carbonyl (C=O) groups is 1. The Hall–Kier alpha value is -1.10. The molecular weight excluding hydrogens is 363 g/mol. The van der Waals surface area contributed by atoms with Crippen LogP contribution < -0.4 is 5.32 Å². The summed E-state index contributed by atoms with van der Waals surface area (Å²) in [5, 5.41) is 4.01. The van der Waals surface area contributed by atoms with Crippen molar-refractivity contribution in [1.82, 2.24) is 10.3 Å². The molecule has 2 rings (SSSR count). The molecule has 0 aliphatic rings. The summed E-state index contributed by atoms with van der Waals surface area (Å²) in [5.41, 5.74) is 1.31. The summed E-state index contributed by atoms with van der Waals surface area (Å²) in [6.45, 7) is 0.475. The SMILES string of the molecule is O=C(NCCc1ccc(Cl)cc1Cl)c1ncccc1Br. The van der Waals surface area contributed by atoms with E-state index in [-0.39, 0.29) is 5.91 Å². The molecule has 0 unspecified atom stereocenters. The summed E-state index contributed by atoms with van der Waals surface area (Å²) >= 11 is 15.2. The summed E-state index contributed by atoms with van der Waals surface area (Å²) in [5.74, 6) is -0.220. The van der Waals surface area contributed by atoms with Crippen LogP contribution in [0.25, 0.3) is 0 Å². The van der Waals surface area contributed by atoms with Crippen LogP contribution >= 0.6 is 39.1 Å². The summed E-state index contributed by atoms with van der Waals surface area (Å²) in [6.07, 6.45) is 2.21. The van der Waals surface area contributed by atoms with Crippen LogP contribution in [0.5, 0.6) is 0 Å². The van der Waals surface area contributed by atoms with Crippen LogP contribution in [-0.2, 0) is 6.42 Å². The van der Waals surface area contributed by atoms with Gasteiger partial charge in [-0.3, -0.25) is 4.79 Å². The monoisotopic (exact) mass is 372 g/mol. The maximum atomic E-state index is 11.9. The minimum atomic E-state index is -0.220. The molecule has 0 radical (unpaired) electrons. The van der Waals surface area contributed by atoms with Gasteiger partial charge in [-0.25, -0.2) is 4.98 Å². The number of nitrogens with zero attached hydrogens (tertiary/aromatic N) is 1. The molecule has 0 saturated carbocycles. The number of benzene rings is 1. The number of amides is 1. The number of halogens is 3. The van der Waals surface area contributed by atoms with E-state index in [9.17, 15) is 4.79 Å². The van der Waals surface area contributed by atoms with Crippen LogP contribution in [0.4, 0.5) is 0 Å². The fraction of sp³-hybridized carbons (Fsp3) is 0.143. The van der Waals surface area contributed by atoms with Gasteiger partial charge in [-0.15, -0.1) is 0 Å². The average Bonchev–Trinajstić information content (AvgIpc) is 2.41. The quantitative estimate of drug-likeness (QED) is 0.875. The highest BCUT2D eigenvalue weighted by molar-refractivity contribution is 9.10. The van der Waals surface area contributed by atoms with Crippen LogP contribution in [0.2, 0.25) is 10.0 Å². The number of rotatable bonds is 4. The second kappa shape index (κ2) is 7.07. The summed E-state index contributed by atoms with van der Waals surface area (Å²) in [4.78, 5) is 16.0. The van der Waals surface area contributed by atoms with E-state index in [1.165, 1.54) is 0 Å². The second-order valence-electron chi connectivity index (χ2n) is 4.08. The Morgan fingerprint density at radius 2 is 2.10 bits per heavy atom. The molecule has 0 atom stereocenters. The highest BCUT2D eigenvalue weighted by Gasteiger charge is 2.10. The highest BCUT2D eigenvalue weighted by atomic mass is 79.9. The summed E-state index contributed by atoms with van der Waals surface area (Å²) < 4.78 is 0.669. The van der Waals surface area contributed by atoms with E-state index in [1.54, 1.807) is 30.5 Å². The molecule has 0 aliphatic carbocycles. The first-order valence-electron chi connectivity index (χ1n) is 5.90. The first kappa shape index (κ1) is 15.3. The molecule has 0 spiro atoms. The smallest absolute Gasteiger partial charge is 0.271 e. The summed E-state index contributed by atoms with van der Waals surface area (Å²) in [7, 11) is 0. The normalized spacial score (nSPS) is 10.3. The molecule has 3 nitrogen and oxygen atoms in total. The Morgan fingerprint density at radius 1 is 1.30 bits per heavy atom. The molecule has 0 aliphatic heterocycles. The van der Waals surface area contributed by atoms with Gasteiger partial charge in [-0.05, 0) is 52.2 Å². The Bertz CT molecular complexity index is 634.